The highest BCUT2D eigenvalue weighted by Gasteiger charge is 2.52. The Kier molecular flexibility index (Phi) is 5.40. The van der Waals surface area contributed by atoms with E-state index in [0.29, 0.717) is 6.04 Å². The minimum Gasteiger partial charge on any atom is -0.311 e. The van der Waals surface area contributed by atoms with Gasteiger partial charge < -0.3 is 4.90 Å². The average molecular weight is 407 g/mol. The van der Waals surface area contributed by atoms with Crippen LogP contribution >= 0.6 is 0 Å². The molecule has 0 atom stereocenters. The van der Waals surface area contributed by atoms with Crippen LogP contribution in [0.4, 0.5) is 4.79 Å². The molecule has 5 nitrogen and oxygen atoms in total. The zero-order valence-corrected chi connectivity index (χ0v) is 18.2. The molecule has 4 bridgehead atoms. The minimum absolute atomic E-state index is 0.0551. The molecule has 1 aliphatic carbocycles. The predicted octanol–water partition coefficient (Wildman–Crippen LogP) is 4.58. The van der Waals surface area contributed by atoms with Gasteiger partial charge in [-0.25, -0.2) is 4.79 Å². The van der Waals surface area contributed by atoms with Crippen molar-refractivity contribution in [3.63, 3.8) is 0 Å². The van der Waals surface area contributed by atoms with Crippen molar-refractivity contribution in [3.05, 3.63) is 41.5 Å². The number of hydrogen-bond donors (Lipinski definition) is 1. The summed E-state index contributed by atoms with van der Waals surface area (Å²) >= 11 is 0. The molecule has 30 heavy (non-hydrogen) atoms. The topological polar surface area (TPSA) is 47.9 Å². The lowest BCUT2D eigenvalue weighted by atomic mass is 9.84. The van der Waals surface area contributed by atoms with Crippen molar-refractivity contribution in [3.8, 4) is 0 Å². The number of hydrogen-bond acceptors (Lipinski definition) is 3. The molecule has 6 aliphatic heterocycles. The lowest BCUT2D eigenvalue weighted by molar-refractivity contribution is 0.100. The molecule has 0 aromatic heterocycles. The van der Waals surface area contributed by atoms with Gasteiger partial charge >= 0.3 is 6.03 Å². The number of carbonyl (C=O) groups excluding carboxylic acids is 1. The summed E-state index contributed by atoms with van der Waals surface area (Å²) < 4.78 is 0. The number of amides is 2. The number of nitrogens with zero attached hydrogens (tertiary/aromatic N) is 3. The standard InChI is InChI=1S/C25H34N4O/c1-19-6-5-15-29-24(30)27-23(26-22-7-3-2-4-8-22)25(29)13-16-28(17-14-25)18-20-9-11-21(19)12-10-20/h6,9-12,22H,2-5,7-8,13-18H2,1H3,(H,26,27,30). The highest BCUT2D eigenvalue weighted by atomic mass is 16.2. The van der Waals surface area contributed by atoms with Gasteiger partial charge in [0.25, 0.3) is 0 Å². The van der Waals surface area contributed by atoms with Crippen LogP contribution in [0.15, 0.2) is 35.3 Å². The summed E-state index contributed by atoms with van der Waals surface area (Å²) in [6, 6.07) is 9.45. The Morgan fingerprint density at radius 3 is 2.50 bits per heavy atom. The van der Waals surface area contributed by atoms with Crippen molar-refractivity contribution in [2.75, 3.05) is 19.6 Å². The molecule has 160 valence electrons. The maximum absolute atomic E-state index is 13.1. The number of carbonyl (C=O) groups is 1. The fourth-order valence-electron chi connectivity index (χ4n) is 5.72. The maximum atomic E-state index is 13.1. The first-order valence-corrected chi connectivity index (χ1v) is 11.8. The summed E-state index contributed by atoms with van der Waals surface area (Å²) in [4.78, 5) is 22.9. The van der Waals surface area contributed by atoms with Crippen LogP contribution in [-0.2, 0) is 6.54 Å². The molecule has 1 spiro atoms. The summed E-state index contributed by atoms with van der Waals surface area (Å²) in [5, 5.41) is 3.22. The molecular formula is C25H34N4O. The van der Waals surface area contributed by atoms with Crippen LogP contribution < -0.4 is 5.32 Å². The largest absolute Gasteiger partial charge is 0.323 e. The van der Waals surface area contributed by atoms with Crippen LogP contribution in [0, 0.1) is 0 Å². The average Bonchev–Trinajstić information content (AvgIpc) is 3.01. The molecule has 0 unspecified atom stereocenters. The third-order valence-corrected chi connectivity index (χ3v) is 7.62. The molecular weight excluding hydrogens is 372 g/mol. The van der Waals surface area contributed by atoms with Gasteiger partial charge in [0, 0.05) is 26.2 Å². The van der Waals surface area contributed by atoms with Crippen LogP contribution in [0.1, 0.15) is 69.4 Å². The molecule has 2 saturated heterocycles. The van der Waals surface area contributed by atoms with Gasteiger partial charge in [-0.15, -0.1) is 0 Å². The first-order valence-electron chi connectivity index (χ1n) is 11.8. The second-order valence-corrected chi connectivity index (χ2v) is 9.53. The Labute approximate surface area is 180 Å². The molecule has 1 saturated carbocycles. The first kappa shape index (κ1) is 19.8. The first-order chi connectivity index (χ1) is 14.6. The Hall–Kier alpha value is -2.14. The van der Waals surface area contributed by atoms with Gasteiger partial charge in [-0.2, -0.15) is 0 Å². The summed E-state index contributed by atoms with van der Waals surface area (Å²) in [7, 11) is 0. The number of piperidine rings is 1. The number of benzene rings is 1. The lowest BCUT2D eigenvalue weighted by Crippen LogP contribution is -2.56. The molecule has 6 heterocycles. The highest BCUT2D eigenvalue weighted by Crippen LogP contribution is 2.36. The van der Waals surface area contributed by atoms with E-state index in [1.54, 1.807) is 0 Å². The zero-order valence-electron chi connectivity index (χ0n) is 18.2. The monoisotopic (exact) mass is 406 g/mol. The van der Waals surface area contributed by atoms with Gasteiger partial charge in [-0.1, -0.05) is 49.6 Å². The number of amidine groups is 1. The summed E-state index contributed by atoms with van der Waals surface area (Å²) in [5.41, 5.74) is 3.69. The molecule has 0 radical (unpaired) electrons. The fourth-order valence-corrected chi connectivity index (χ4v) is 5.72. The molecule has 3 fully saturated rings. The number of aliphatic imine (C=N–C) groups is 1. The fraction of sp³-hybridized carbons (Fsp3) is 0.600. The van der Waals surface area contributed by atoms with E-state index in [1.165, 1.54) is 48.8 Å². The maximum Gasteiger partial charge on any atom is 0.323 e. The quantitative estimate of drug-likeness (QED) is 0.742. The molecule has 5 heteroatoms. The minimum atomic E-state index is -0.237. The van der Waals surface area contributed by atoms with Gasteiger partial charge in [-0.3, -0.25) is 15.2 Å². The summed E-state index contributed by atoms with van der Waals surface area (Å²) in [6.45, 7) is 5.92. The van der Waals surface area contributed by atoms with E-state index in [4.69, 9.17) is 4.99 Å². The van der Waals surface area contributed by atoms with Crippen LogP contribution in [0.3, 0.4) is 0 Å². The number of urea groups is 1. The highest BCUT2D eigenvalue weighted by molar-refractivity contribution is 6.10. The summed E-state index contributed by atoms with van der Waals surface area (Å²) in [5.74, 6) is 0.968. The van der Waals surface area contributed by atoms with Crippen molar-refractivity contribution in [1.29, 1.82) is 0 Å². The second-order valence-electron chi connectivity index (χ2n) is 9.53. The van der Waals surface area contributed by atoms with Crippen LogP contribution in [0.25, 0.3) is 5.57 Å². The normalized spacial score (nSPS) is 31.4. The predicted molar refractivity (Wildman–Crippen MR) is 121 cm³/mol. The second kappa shape index (κ2) is 8.18. The Bertz CT molecular complexity index is 842. The molecule has 1 aromatic rings. The third-order valence-electron chi connectivity index (χ3n) is 7.62. The molecule has 2 amide bonds. The SMILES string of the molecule is CC1=CCCN2C(=O)NC(=NC3CCCCC3)C23CCN(CC3)Cc2ccc1cc2. The van der Waals surface area contributed by atoms with Crippen LogP contribution in [0.2, 0.25) is 0 Å². The van der Waals surface area contributed by atoms with Crippen molar-refractivity contribution in [2.24, 2.45) is 4.99 Å². The molecule has 1 N–H and O–H groups in total. The third kappa shape index (κ3) is 3.68. The van der Waals surface area contributed by atoms with Gasteiger partial charge in [0.1, 0.15) is 11.4 Å². The van der Waals surface area contributed by atoms with E-state index in [9.17, 15) is 4.79 Å². The number of rotatable bonds is 1. The lowest BCUT2D eigenvalue weighted by Gasteiger charge is -2.44. The summed E-state index contributed by atoms with van der Waals surface area (Å²) in [6.07, 6.45) is 11.3. The van der Waals surface area contributed by atoms with Crippen molar-refractivity contribution >= 4 is 17.4 Å². The molecule has 7 aliphatic rings. The van der Waals surface area contributed by atoms with Crippen molar-refractivity contribution < 1.29 is 4.79 Å². The van der Waals surface area contributed by atoms with E-state index in [0.717, 1.165) is 51.3 Å². The Balaban J connectivity index is 1.47. The number of nitrogens with one attached hydrogen (secondary N) is 1. The van der Waals surface area contributed by atoms with Crippen LogP contribution in [0.5, 0.6) is 0 Å². The van der Waals surface area contributed by atoms with E-state index in [-0.39, 0.29) is 11.6 Å². The van der Waals surface area contributed by atoms with Crippen LogP contribution in [-0.4, -0.2) is 52.9 Å². The molecule has 1 aromatic carbocycles. The van der Waals surface area contributed by atoms with E-state index >= 15 is 0 Å². The van der Waals surface area contributed by atoms with Gasteiger partial charge in [0.15, 0.2) is 0 Å². The van der Waals surface area contributed by atoms with E-state index in [1.807, 2.05) is 0 Å². The zero-order chi connectivity index (χ0) is 20.6. The van der Waals surface area contributed by atoms with E-state index < -0.39 is 0 Å². The van der Waals surface area contributed by atoms with E-state index in [2.05, 4.69) is 52.4 Å². The van der Waals surface area contributed by atoms with Gasteiger partial charge in [-0.05, 0) is 55.7 Å². The Morgan fingerprint density at radius 2 is 1.77 bits per heavy atom. The van der Waals surface area contributed by atoms with Crippen molar-refractivity contribution in [2.45, 2.75) is 76.4 Å². The van der Waals surface area contributed by atoms with Crippen molar-refractivity contribution in [1.82, 2.24) is 15.1 Å². The number of allylic oxidation sites excluding steroid dienone is 1. The Morgan fingerprint density at radius 1 is 1.03 bits per heavy atom. The van der Waals surface area contributed by atoms with Gasteiger partial charge in [0.2, 0.25) is 0 Å². The van der Waals surface area contributed by atoms with Gasteiger partial charge in [0.05, 0.1) is 6.04 Å². The smallest absolute Gasteiger partial charge is 0.311 e. The molecule has 8 rings (SSSR count).